The molecular formula is C28H29N3O3S. The van der Waals surface area contributed by atoms with Crippen molar-refractivity contribution in [2.24, 2.45) is 0 Å². The highest BCUT2D eigenvalue weighted by atomic mass is 32.2. The largest absolute Gasteiger partial charge is 0.352 e. The number of benzene rings is 3. The van der Waals surface area contributed by atoms with Crippen LogP contribution in [-0.2, 0) is 11.2 Å². The molecule has 1 atom stereocenters. The van der Waals surface area contributed by atoms with Crippen molar-refractivity contribution >= 4 is 35.2 Å². The Morgan fingerprint density at radius 3 is 2.40 bits per heavy atom. The number of amides is 3. The Morgan fingerprint density at radius 2 is 1.66 bits per heavy atom. The van der Waals surface area contributed by atoms with Crippen molar-refractivity contribution in [3.8, 4) is 0 Å². The van der Waals surface area contributed by atoms with E-state index in [1.807, 2.05) is 42.2 Å². The van der Waals surface area contributed by atoms with Crippen LogP contribution in [0.1, 0.15) is 50.6 Å². The minimum atomic E-state index is -0.289. The van der Waals surface area contributed by atoms with Crippen LogP contribution in [0.2, 0.25) is 0 Å². The molecule has 180 valence electrons. The molecule has 2 N–H and O–H groups in total. The molecule has 1 aliphatic rings. The highest BCUT2D eigenvalue weighted by Crippen LogP contribution is 2.38. The molecule has 1 heterocycles. The minimum Gasteiger partial charge on any atom is -0.352 e. The third kappa shape index (κ3) is 6.11. The smallest absolute Gasteiger partial charge is 0.255 e. The third-order valence-corrected chi connectivity index (χ3v) is 7.12. The van der Waals surface area contributed by atoms with E-state index in [4.69, 9.17) is 0 Å². The van der Waals surface area contributed by atoms with Gasteiger partial charge in [0, 0.05) is 18.7 Å². The van der Waals surface area contributed by atoms with E-state index in [0.717, 1.165) is 18.4 Å². The summed E-state index contributed by atoms with van der Waals surface area (Å²) in [5, 5.41) is 5.64. The number of hydrogen-bond acceptors (Lipinski definition) is 4. The van der Waals surface area contributed by atoms with Gasteiger partial charge in [-0.05, 0) is 48.2 Å². The molecular weight excluding hydrogens is 458 g/mol. The van der Waals surface area contributed by atoms with Crippen LogP contribution in [0.3, 0.4) is 0 Å². The molecule has 0 aliphatic carbocycles. The molecule has 0 unspecified atom stereocenters. The lowest BCUT2D eigenvalue weighted by molar-refractivity contribution is -0.128. The van der Waals surface area contributed by atoms with Gasteiger partial charge in [0.25, 0.3) is 11.8 Å². The van der Waals surface area contributed by atoms with Crippen LogP contribution in [0.5, 0.6) is 0 Å². The van der Waals surface area contributed by atoms with Crippen molar-refractivity contribution in [2.45, 2.75) is 25.1 Å². The van der Waals surface area contributed by atoms with Crippen LogP contribution in [-0.4, -0.2) is 41.5 Å². The molecule has 6 nitrogen and oxygen atoms in total. The summed E-state index contributed by atoms with van der Waals surface area (Å²) in [6, 6.07) is 24.5. The fourth-order valence-corrected chi connectivity index (χ4v) is 5.20. The van der Waals surface area contributed by atoms with Gasteiger partial charge >= 0.3 is 0 Å². The maximum atomic E-state index is 12.9. The van der Waals surface area contributed by atoms with Crippen molar-refractivity contribution in [1.82, 2.24) is 10.2 Å². The number of carbonyl (C=O) groups is 3. The molecule has 0 saturated carbocycles. The van der Waals surface area contributed by atoms with Gasteiger partial charge < -0.3 is 15.5 Å². The molecule has 0 bridgehead atoms. The first-order chi connectivity index (χ1) is 17.1. The quantitative estimate of drug-likeness (QED) is 0.450. The number of anilines is 1. The summed E-state index contributed by atoms with van der Waals surface area (Å²) < 4.78 is 0. The zero-order valence-corrected chi connectivity index (χ0v) is 20.5. The van der Waals surface area contributed by atoms with Crippen molar-refractivity contribution in [3.63, 3.8) is 0 Å². The summed E-state index contributed by atoms with van der Waals surface area (Å²) in [5.41, 5.74) is 3.58. The van der Waals surface area contributed by atoms with E-state index in [1.165, 1.54) is 5.56 Å². The number of carbonyl (C=O) groups excluding carboxylic acids is 3. The molecule has 3 aromatic rings. The van der Waals surface area contributed by atoms with Crippen LogP contribution < -0.4 is 10.6 Å². The fraction of sp³-hybridized carbons (Fsp3) is 0.250. The molecule has 4 rings (SSSR count). The lowest BCUT2D eigenvalue weighted by Crippen LogP contribution is -2.30. The number of para-hydroxylation sites is 1. The van der Waals surface area contributed by atoms with Crippen molar-refractivity contribution < 1.29 is 14.4 Å². The van der Waals surface area contributed by atoms with Crippen LogP contribution in [0, 0.1) is 0 Å². The first-order valence-corrected chi connectivity index (χ1v) is 12.8. The Bertz CT molecular complexity index is 1180. The van der Waals surface area contributed by atoms with E-state index in [1.54, 1.807) is 48.2 Å². The second-order valence-corrected chi connectivity index (χ2v) is 9.43. The van der Waals surface area contributed by atoms with Gasteiger partial charge in [-0.25, -0.2) is 0 Å². The summed E-state index contributed by atoms with van der Waals surface area (Å²) in [6.07, 6.45) is 1.64. The number of rotatable bonds is 9. The molecule has 3 amide bonds. The molecule has 0 aromatic heterocycles. The number of nitrogens with zero attached hydrogens (tertiary/aromatic N) is 1. The highest BCUT2D eigenvalue weighted by molar-refractivity contribution is 8.00. The Labute approximate surface area is 210 Å². The van der Waals surface area contributed by atoms with Gasteiger partial charge in [-0.15, -0.1) is 11.8 Å². The second kappa shape index (κ2) is 11.7. The molecule has 0 radical (unpaired) electrons. The summed E-state index contributed by atoms with van der Waals surface area (Å²) in [7, 11) is 0. The monoisotopic (exact) mass is 487 g/mol. The Morgan fingerprint density at radius 1 is 0.943 bits per heavy atom. The first-order valence-electron chi connectivity index (χ1n) is 11.8. The predicted octanol–water partition coefficient (Wildman–Crippen LogP) is 4.90. The molecule has 7 heteroatoms. The van der Waals surface area contributed by atoms with E-state index >= 15 is 0 Å². The zero-order chi connectivity index (χ0) is 24.6. The summed E-state index contributed by atoms with van der Waals surface area (Å²) in [6.45, 7) is 3.21. The zero-order valence-electron chi connectivity index (χ0n) is 19.7. The Kier molecular flexibility index (Phi) is 8.21. The molecule has 3 aromatic carbocycles. The highest BCUT2D eigenvalue weighted by Gasteiger charge is 2.32. The summed E-state index contributed by atoms with van der Waals surface area (Å²) >= 11 is 1.61. The molecule has 0 spiro atoms. The van der Waals surface area contributed by atoms with Gasteiger partial charge in [0.1, 0.15) is 5.37 Å². The van der Waals surface area contributed by atoms with Gasteiger partial charge in [-0.1, -0.05) is 61.5 Å². The van der Waals surface area contributed by atoms with E-state index < -0.39 is 0 Å². The average molecular weight is 488 g/mol. The van der Waals surface area contributed by atoms with Crippen LogP contribution in [0.4, 0.5) is 5.69 Å². The first kappa shape index (κ1) is 24.5. The van der Waals surface area contributed by atoms with E-state index in [-0.39, 0.29) is 23.1 Å². The average Bonchev–Trinajstić information content (AvgIpc) is 3.27. The fourth-order valence-electron chi connectivity index (χ4n) is 3.98. The molecule has 1 aliphatic heterocycles. The molecule has 1 fully saturated rings. The maximum absolute atomic E-state index is 12.9. The van der Waals surface area contributed by atoms with Crippen LogP contribution in [0.25, 0.3) is 0 Å². The lowest BCUT2D eigenvalue weighted by Gasteiger charge is -2.24. The van der Waals surface area contributed by atoms with Gasteiger partial charge in [-0.2, -0.15) is 0 Å². The predicted molar refractivity (Wildman–Crippen MR) is 141 cm³/mol. The minimum absolute atomic E-state index is 0.0636. The molecule has 35 heavy (non-hydrogen) atoms. The SMILES string of the molecule is CCCNC(=O)c1ccccc1NC(=O)c1ccc([C@@H]2SCC(=O)N2CCc2ccccc2)cc1. The van der Waals surface area contributed by atoms with Gasteiger partial charge in [0.05, 0.1) is 17.0 Å². The van der Waals surface area contributed by atoms with E-state index in [9.17, 15) is 14.4 Å². The van der Waals surface area contributed by atoms with E-state index in [0.29, 0.717) is 35.7 Å². The number of hydrogen-bond donors (Lipinski definition) is 2. The topological polar surface area (TPSA) is 78.5 Å². The van der Waals surface area contributed by atoms with Gasteiger partial charge in [-0.3, -0.25) is 14.4 Å². The van der Waals surface area contributed by atoms with Crippen molar-refractivity contribution in [2.75, 3.05) is 24.2 Å². The van der Waals surface area contributed by atoms with E-state index in [2.05, 4.69) is 22.8 Å². The summed E-state index contributed by atoms with van der Waals surface area (Å²) in [5.74, 6) is 0.0918. The summed E-state index contributed by atoms with van der Waals surface area (Å²) in [4.78, 5) is 39.8. The van der Waals surface area contributed by atoms with Crippen LogP contribution >= 0.6 is 11.8 Å². The van der Waals surface area contributed by atoms with Gasteiger partial charge in [0.15, 0.2) is 0 Å². The van der Waals surface area contributed by atoms with Gasteiger partial charge in [0.2, 0.25) is 5.91 Å². The Hall–Kier alpha value is -3.58. The maximum Gasteiger partial charge on any atom is 0.255 e. The van der Waals surface area contributed by atoms with Crippen LogP contribution in [0.15, 0.2) is 78.9 Å². The van der Waals surface area contributed by atoms with Crippen molar-refractivity contribution in [3.05, 3.63) is 101 Å². The van der Waals surface area contributed by atoms with Crippen molar-refractivity contribution in [1.29, 1.82) is 0 Å². The lowest BCUT2D eigenvalue weighted by atomic mass is 10.1. The third-order valence-electron chi connectivity index (χ3n) is 5.87. The Balaban J connectivity index is 1.43. The normalized spacial score (nSPS) is 15.2. The molecule has 1 saturated heterocycles. The number of nitrogens with one attached hydrogen (secondary N) is 2. The standard InChI is InChI=1S/C28H29N3O3S/c1-2-17-29-27(34)23-10-6-7-11-24(23)30-26(33)21-12-14-22(15-13-21)28-31(25(32)19-35-28)18-16-20-8-4-3-5-9-20/h3-15,28H,2,16-19H2,1H3,(H,29,34)(H,30,33)/t28-/m0/s1. The second-order valence-electron chi connectivity index (χ2n) is 8.36. The number of thioether (sulfide) groups is 1.